The molecule has 1 heterocycles. The van der Waals surface area contributed by atoms with Crippen molar-refractivity contribution < 1.29 is 14.3 Å². The number of hydrogen-bond acceptors (Lipinski definition) is 4. The number of aromatic carboxylic acids is 1. The molecule has 0 atom stereocenters. The Hall–Kier alpha value is -1.99. The number of halogens is 2. The first kappa shape index (κ1) is 15.9. The number of carboxylic acids is 1. The molecule has 0 radical (unpaired) electrons. The van der Waals surface area contributed by atoms with E-state index >= 15 is 0 Å². The van der Waals surface area contributed by atoms with Gasteiger partial charge in [0.25, 0.3) is 0 Å². The van der Waals surface area contributed by atoms with E-state index in [1.807, 2.05) is 19.1 Å². The minimum atomic E-state index is -1.00. The molecule has 23 heavy (non-hydrogen) atoms. The average molecular weight is 438 g/mol. The van der Waals surface area contributed by atoms with Gasteiger partial charge in [-0.15, -0.1) is 10.2 Å². The summed E-state index contributed by atoms with van der Waals surface area (Å²) in [7, 11) is 0. The SMILES string of the molecule is Cc1c(Br)cc(-c2nnc(-c3cccc(C(=O)O)c3)o2)cc1Br. The lowest BCUT2D eigenvalue weighted by molar-refractivity contribution is 0.0697. The van der Waals surface area contributed by atoms with Gasteiger partial charge in [-0.1, -0.05) is 37.9 Å². The quantitative estimate of drug-likeness (QED) is 0.628. The maximum atomic E-state index is 11.0. The van der Waals surface area contributed by atoms with Crippen molar-refractivity contribution in [3.63, 3.8) is 0 Å². The van der Waals surface area contributed by atoms with Crippen LogP contribution < -0.4 is 0 Å². The summed E-state index contributed by atoms with van der Waals surface area (Å²) in [4.78, 5) is 11.0. The van der Waals surface area contributed by atoms with Gasteiger partial charge < -0.3 is 9.52 Å². The molecular formula is C16H10Br2N2O3. The molecule has 1 N–H and O–H groups in total. The van der Waals surface area contributed by atoms with Crippen molar-refractivity contribution in [3.05, 3.63) is 56.5 Å². The summed E-state index contributed by atoms with van der Waals surface area (Å²) in [6.07, 6.45) is 0. The summed E-state index contributed by atoms with van der Waals surface area (Å²) >= 11 is 6.97. The van der Waals surface area contributed by atoms with Crippen LogP contribution in [0.4, 0.5) is 0 Å². The third-order valence-electron chi connectivity index (χ3n) is 3.31. The van der Waals surface area contributed by atoms with Gasteiger partial charge in [0, 0.05) is 20.1 Å². The van der Waals surface area contributed by atoms with E-state index in [2.05, 4.69) is 42.1 Å². The minimum Gasteiger partial charge on any atom is -0.478 e. The van der Waals surface area contributed by atoms with Gasteiger partial charge in [0.05, 0.1) is 5.56 Å². The summed E-state index contributed by atoms with van der Waals surface area (Å²) in [5.41, 5.74) is 2.57. The van der Waals surface area contributed by atoms with Crippen LogP contribution >= 0.6 is 31.9 Å². The van der Waals surface area contributed by atoms with Gasteiger partial charge in [-0.25, -0.2) is 4.79 Å². The molecule has 0 aliphatic heterocycles. The fraction of sp³-hybridized carbons (Fsp3) is 0.0625. The molecule has 1 aromatic heterocycles. The number of nitrogens with zero attached hydrogens (tertiary/aromatic N) is 2. The highest BCUT2D eigenvalue weighted by molar-refractivity contribution is 9.11. The van der Waals surface area contributed by atoms with Gasteiger partial charge in [0.15, 0.2) is 0 Å². The fourth-order valence-corrected chi connectivity index (χ4v) is 3.20. The van der Waals surface area contributed by atoms with E-state index in [9.17, 15) is 4.79 Å². The van der Waals surface area contributed by atoms with Crippen LogP contribution in [0.1, 0.15) is 15.9 Å². The van der Waals surface area contributed by atoms with Crippen molar-refractivity contribution in [3.8, 4) is 22.9 Å². The highest BCUT2D eigenvalue weighted by atomic mass is 79.9. The van der Waals surface area contributed by atoms with Crippen molar-refractivity contribution in [1.82, 2.24) is 10.2 Å². The summed E-state index contributed by atoms with van der Waals surface area (Å²) in [6, 6.07) is 10.2. The molecule has 0 saturated carbocycles. The monoisotopic (exact) mass is 436 g/mol. The third kappa shape index (κ3) is 3.20. The molecule has 3 aromatic rings. The Morgan fingerprint density at radius 2 is 1.65 bits per heavy atom. The maximum Gasteiger partial charge on any atom is 0.335 e. The van der Waals surface area contributed by atoms with Gasteiger partial charge in [0.2, 0.25) is 11.8 Å². The van der Waals surface area contributed by atoms with Gasteiger partial charge in [-0.3, -0.25) is 0 Å². The second kappa shape index (κ2) is 6.25. The van der Waals surface area contributed by atoms with Gasteiger partial charge in [0.1, 0.15) is 0 Å². The molecule has 0 aliphatic rings. The molecule has 0 amide bonds. The van der Waals surface area contributed by atoms with E-state index in [-0.39, 0.29) is 11.5 Å². The van der Waals surface area contributed by atoms with Crippen LogP contribution in [0.25, 0.3) is 22.9 Å². The number of aromatic nitrogens is 2. The van der Waals surface area contributed by atoms with Crippen LogP contribution in [0.5, 0.6) is 0 Å². The van der Waals surface area contributed by atoms with Crippen LogP contribution in [0, 0.1) is 6.92 Å². The Balaban J connectivity index is 2.01. The fourth-order valence-electron chi connectivity index (χ4n) is 2.01. The zero-order valence-corrected chi connectivity index (χ0v) is 15.1. The minimum absolute atomic E-state index is 0.170. The van der Waals surface area contributed by atoms with E-state index < -0.39 is 5.97 Å². The normalized spacial score (nSPS) is 10.7. The van der Waals surface area contributed by atoms with Crippen LogP contribution in [0.3, 0.4) is 0 Å². The van der Waals surface area contributed by atoms with E-state index in [0.717, 1.165) is 20.1 Å². The molecule has 2 aromatic carbocycles. The van der Waals surface area contributed by atoms with Crippen molar-refractivity contribution in [1.29, 1.82) is 0 Å². The van der Waals surface area contributed by atoms with Gasteiger partial charge in [-0.2, -0.15) is 0 Å². The van der Waals surface area contributed by atoms with E-state index in [1.54, 1.807) is 12.1 Å². The van der Waals surface area contributed by atoms with Crippen LogP contribution in [-0.2, 0) is 0 Å². The molecule has 116 valence electrons. The Kier molecular flexibility index (Phi) is 4.32. The number of rotatable bonds is 3. The second-order valence-corrected chi connectivity index (χ2v) is 6.57. The predicted molar refractivity (Wildman–Crippen MR) is 92.3 cm³/mol. The zero-order chi connectivity index (χ0) is 16.6. The lowest BCUT2D eigenvalue weighted by Crippen LogP contribution is -1.95. The standard InChI is InChI=1S/C16H10Br2N2O3/c1-8-12(17)6-11(7-13(8)18)15-20-19-14(23-15)9-3-2-4-10(5-9)16(21)22/h2-7H,1H3,(H,21,22). The summed E-state index contributed by atoms with van der Waals surface area (Å²) < 4.78 is 7.53. The van der Waals surface area contributed by atoms with Crippen LogP contribution in [0.15, 0.2) is 49.8 Å². The van der Waals surface area contributed by atoms with Crippen LogP contribution in [-0.4, -0.2) is 21.3 Å². The van der Waals surface area contributed by atoms with E-state index in [1.165, 1.54) is 12.1 Å². The molecule has 5 nitrogen and oxygen atoms in total. The first-order valence-corrected chi connectivity index (χ1v) is 8.17. The van der Waals surface area contributed by atoms with Crippen molar-refractivity contribution in [2.75, 3.05) is 0 Å². The molecule has 7 heteroatoms. The highest BCUT2D eigenvalue weighted by Crippen LogP contribution is 2.32. The molecule has 0 bridgehead atoms. The largest absolute Gasteiger partial charge is 0.478 e. The molecule has 0 saturated heterocycles. The van der Waals surface area contributed by atoms with Crippen molar-refractivity contribution in [2.24, 2.45) is 0 Å². The second-order valence-electron chi connectivity index (χ2n) is 4.86. The average Bonchev–Trinajstić information content (AvgIpc) is 3.02. The Morgan fingerprint density at radius 3 is 2.26 bits per heavy atom. The smallest absolute Gasteiger partial charge is 0.335 e. The van der Waals surface area contributed by atoms with Crippen LogP contribution in [0.2, 0.25) is 0 Å². The van der Waals surface area contributed by atoms with Gasteiger partial charge in [-0.05, 0) is 42.8 Å². The third-order valence-corrected chi connectivity index (χ3v) is 4.96. The number of benzene rings is 2. The number of carboxylic acid groups (broad SMARTS) is 1. The molecule has 0 fully saturated rings. The van der Waals surface area contributed by atoms with E-state index in [4.69, 9.17) is 9.52 Å². The Labute approximate surface area is 148 Å². The predicted octanol–water partition coefficient (Wildman–Crippen LogP) is 4.94. The maximum absolute atomic E-state index is 11.0. The number of carbonyl (C=O) groups is 1. The highest BCUT2D eigenvalue weighted by Gasteiger charge is 2.14. The topological polar surface area (TPSA) is 76.2 Å². The lowest BCUT2D eigenvalue weighted by atomic mass is 10.1. The molecule has 0 unspecified atom stereocenters. The molecule has 0 spiro atoms. The summed E-state index contributed by atoms with van der Waals surface area (Å²) in [5.74, 6) is -0.365. The lowest BCUT2D eigenvalue weighted by Gasteiger charge is -2.03. The Bertz CT molecular complexity index is 883. The summed E-state index contributed by atoms with van der Waals surface area (Å²) in [5, 5.41) is 17.1. The summed E-state index contributed by atoms with van der Waals surface area (Å²) in [6.45, 7) is 1.98. The Morgan fingerprint density at radius 1 is 1.04 bits per heavy atom. The van der Waals surface area contributed by atoms with Gasteiger partial charge >= 0.3 is 5.97 Å². The number of hydrogen-bond donors (Lipinski definition) is 1. The molecule has 0 aliphatic carbocycles. The first-order valence-electron chi connectivity index (χ1n) is 6.59. The van der Waals surface area contributed by atoms with Crippen molar-refractivity contribution in [2.45, 2.75) is 6.92 Å². The molecular weight excluding hydrogens is 428 g/mol. The van der Waals surface area contributed by atoms with E-state index in [0.29, 0.717) is 11.5 Å². The first-order chi connectivity index (χ1) is 11.0. The van der Waals surface area contributed by atoms with Crippen molar-refractivity contribution >= 4 is 37.8 Å². The zero-order valence-electron chi connectivity index (χ0n) is 11.9. The molecule has 3 rings (SSSR count).